The Labute approximate surface area is 150 Å². The van der Waals surface area contributed by atoms with Gasteiger partial charge in [0.25, 0.3) is 5.91 Å². The summed E-state index contributed by atoms with van der Waals surface area (Å²) in [4.78, 5) is 12.3. The smallest absolute Gasteiger partial charge is 0.416 e. The second-order valence-electron chi connectivity index (χ2n) is 4.61. The van der Waals surface area contributed by atoms with E-state index in [1.165, 1.54) is 19.2 Å². The molecule has 0 aliphatic rings. The minimum Gasteiger partial charge on any atom is -0.494 e. The van der Waals surface area contributed by atoms with Crippen LogP contribution in [0.25, 0.3) is 0 Å². The van der Waals surface area contributed by atoms with Crippen LogP contribution < -0.4 is 10.1 Å². The Kier molecular flexibility index (Phi) is 5.52. The van der Waals surface area contributed by atoms with Crippen LogP contribution >= 0.6 is 34.8 Å². The molecule has 0 saturated heterocycles. The average Bonchev–Trinajstić information content (AvgIpc) is 2.47. The zero-order chi connectivity index (χ0) is 18.1. The predicted octanol–water partition coefficient (Wildman–Crippen LogP) is 5.93. The van der Waals surface area contributed by atoms with Crippen LogP contribution in [0.3, 0.4) is 0 Å². The first-order chi connectivity index (χ1) is 11.1. The van der Waals surface area contributed by atoms with Crippen molar-refractivity contribution in [3.05, 3.63) is 56.5 Å². The molecule has 0 aliphatic carbocycles. The van der Waals surface area contributed by atoms with Gasteiger partial charge in [-0.15, -0.1) is 0 Å². The topological polar surface area (TPSA) is 38.3 Å². The van der Waals surface area contributed by atoms with Crippen LogP contribution in [0.2, 0.25) is 15.1 Å². The Morgan fingerprint density at radius 1 is 1.08 bits per heavy atom. The van der Waals surface area contributed by atoms with E-state index in [-0.39, 0.29) is 32.1 Å². The highest BCUT2D eigenvalue weighted by atomic mass is 35.5. The van der Waals surface area contributed by atoms with Gasteiger partial charge in [-0.25, -0.2) is 0 Å². The maximum absolute atomic E-state index is 12.6. The first-order valence-electron chi connectivity index (χ1n) is 6.34. The van der Waals surface area contributed by atoms with Gasteiger partial charge in [-0.3, -0.25) is 4.79 Å². The van der Waals surface area contributed by atoms with Crippen molar-refractivity contribution in [2.75, 3.05) is 12.4 Å². The Morgan fingerprint density at radius 2 is 1.75 bits per heavy atom. The highest BCUT2D eigenvalue weighted by molar-refractivity contribution is 6.37. The van der Waals surface area contributed by atoms with Gasteiger partial charge in [-0.05, 0) is 30.3 Å². The van der Waals surface area contributed by atoms with Gasteiger partial charge in [0.05, 0.1) is 34.0 Å². The summed E-state index contributed by atoms with van der Waals surface area (Å²) in [6.07, 6.45) is -4.53. The standard InChI is InChI=1S/C15H9Cl3F3NO2/c1-24-13-9(5-8(16)6-11(13)18)14(23)22-12-3-2-7(4-10(12)17)15(19,20)21/h2-6H,1H3,(H,22,23). The molecule has 24 heavy (non-hydrogen) atoms. The molecular weight excluding hydrogens is 390 g/mol. The molecule has 0 heterocycles. The lowest BCUT2D eigenvalue weighted by atomic mass is 10.1. The van der Waals surface area contributed by atoms with Crippen LogP contribution in [0, 0.1) is 0 Å². The number of halogens is 6. The third kappa shape index (κ3) is 4.06. The van der Waals surface area contributed by atoms with E-state index in [2.05, 4.69) is 5.32 Å². The molecule has 128 valence electrons. The normalized spacial score (nSPS) is 11.3. The maximum atomic E-state index is 12.6. The van der Waals surface area contributed by atoms with E-state index >= 15 is 0 Å². The van der Waals surface area contributed by atoms with E-state index in [1.807, 2.05) is 0 Å². The summed E-state index contributed by atoms with van der Waals surface area (Å²) in [7, 11) is 1.32. The predicted molar refractivity (Wildman–Crippen MR) is 87.4 cm³/mol. The van der Waals surface area contributed by atoms with Crippen molar-refractivity contribution < 1.29 is 22.7 Å². The van der Waals surface area contributed by atoms with E-state index in [0.29, 0.717) is 0 Å². The molecule has 0 radical (unpaired) electrons. The van der Waals surface area contributed by atoms with Gasteiger partial charge in [0, 0.05) is 5.02 Å². The number of ether oxygens (including phenoxy) is 1. The molecule has 0 unspecified atom stereocenters. The molecule has 1 N–H and O–H groups in total. The first kappa shape index (κ1) is 18.7. The zero-order valence-corrected chi connectivity index (χ0v) is 14.2. The summed E-state index contributed by atoms with van der Waals surface area (Å²) in [5, 5.41) is 2.46. The molecule has 0 bridgehead atoms. The van der Waals surface area contributed by atoms with Crippen molar-refractivity contribution in [2.24, 2.45) is 0 Å². The second-order valence-corrected chi connectivity index (χ2v) is 5.87. The number of carbonyl (C=O) groups is 1. The molecule has 0 fully saturated rings. The minimum atomic E-state index is -4.53. The second kappa shape index (κ2) is 7.09. The van der Waals surface area contributed by atoms with E-state index in [4.69, 9.17) is 39.5 Å². The number of alkyl halides is 3. The van der Waals surface area contributed by atoms with Crippen LogP contribution in [0.4, 0.5) is 18.9 Å². The van der Waals surface area contributed by atoms with Crippen LogP contribution in [-0.4, -0.2) is 13.0 Å². The highest BCUT2D eigenvalue weighted by Gasteiger charge is 2.31. The lowest BCUT2D eigenvalue weighted by Gasteiger charge is -2.13. The lowest BCUT2D eigenvalue weighted by molar-refractivity contribution is -0.137. The molecule has 2 aromatic carbocycles. The molecule has 0 aliphatic heterocycles. The molecule has 9 heteroatoms. The zero-order valence-electron chi connectivity index (χ0n) is 12.0. The highest BCUT2D eigenvalue weighted by Crippen LogP contribution is 2.35. The van der Waals surface area contributed by atoms with Crippen molar-refractivity contribution in [2.45, 2.75) is 6.18 Å². The van der Waals surface area contributed by atoms with E-state index in [1.54, 1.807) is 0 Å². The Hall–Kier alpha value is -1.63. The number of nitrogens with one attached hydrogen (secondary N) is 1. The van der Waals surface area contributed by atoms with Gasteiger partial charge < -0.3 is 10.1 Å². The third-order valence-electron chi connectivity index (χ3n) is 3.00. The van der Waals surface area contributed by atoms with Crippen molar-refractivity contribution >= 4 is 46.4 Å². The number of hydrogen-bond donors (Lipinski definition) is 1. The molecule has 1 amide bonds. The number of methoxy groups -OCH3 is 1. The summed E-state index contributed by atoms with van der Waals surface area (Å²) in [5.41, 5.74) is -0.896. The number of benzene rings is 2. The largest absolute Gasteiger partial charge is 0.494 e. The molecule has 0 saturated carbocycles. The van der Waals surface area contributed by atoms with Crippen molar-refractivity contribution in [3.63, 3.8) is 0 Å². The molecular formula is C15H9Cl3F3NO2. The summed E-state index contributed by atoms with van der Waals surface area (Å²) in [6, 6.07) is 5.30. The molecule has 0 atom stereocenters. The Bertz CT molecular complexity index is 794. The summed E-state index contributed by atoms with van der Waals surface area (Å²) < 4.78 is 42.9. The lowest BCUT2D eigenvalue weighted by Crippen LogP contribution is -2.14. The van der Waals surface area contributed by atoms with Crippen molar-refractivity contribution in [3.8, 4) is 5.75 Å². The maximum Gasteiger partial charge on any atom is 0.416 e. The van der Waals surface area contributed by atoms with Crippen molar-refractivity contribution in [1.82, 2.24) is 0 Å². The van der Waals surface area contributed by atoms with E-state index < -0.39 is 17.6 Å². The average molecular weight is 399 g/mol. The van der Waals surface area contributed by atoms with E-state index in [0.717, 1.165) is 18.2 Å². The monoisotopic (exact) mass is 397 g/mol. The van der Waals surface area contributed by atoms with Crippen LogP contribution in [0.15, 0.2) is 30.3 Å². The van der Waals surface area contributed by atoms with Crippen LogP contribution in [0.1, 0.15) is 15.9 Å². The molecule has 2 rings (SSSR count). The number of hydrogen-bond acceptors (Lipinski definition) is 2. The molecule has 0 spiro atoms. The van der Waals surface area contributed by atoms with Crippen LogP contribution in [-0.2, 0) is 6.18 Å². The summed E-state index contributed by atoms with van der Waals surface area (Å²) in [6.45, 7) is 0. The van der Waals surface area contributed by atoms with Gasteiger partial charge in [0.2, 0.25) is 0 Å². The van der Waals surface area contributed by atoms with Gasteiger partial charge in [0.1, 0.15) is 5.75 Å². The fourth-order valence-corrected chi connectivity index (χ4v) is 2.72. The first-order valence-corrected chi connectivity index (χ1v) is 7.48. The van der Waals surface area contributed by atoms with Gasteiger partial charge in [0.15, 0.2) is 0 Å². The fraction of sp³-hybridized carbons (Fsp3) is 0.133. The Morgan fingerprint density at radius 3 is 2.29 bits per heavy atom. The van der Waals surface area contributed by atoms with Crippen LogP contribution in [0.5, 0.6) is 5.75 Å². The number of carbonyl (C=O) groups excluding carboxylic acids is 1. The number of rotatable bonds is 3. The molecule has 2 aromatic rings. The van der Waals surface area contributed by atoms with Gasteiger partial charge in [-0.1, -0.05) is 34.8 Å². The fourth-order valence-electron chi connectivity index (χ4n) is 1.92. The quantitative estimate of drug-likeness (QED) is 0.696. The molecule has 3 nitrogen and oxygen atoms in total. The SMILES string of the molecule is COc1c(Cl)cc(Cl)cc1C(=O)Nc1ccc(C(F)(F)F)cc1Cl. The van der Waals surface area contributed by atoms with Crippen molar-refractivity contribution in [1.29, 1.82) is 0 Å². The molecule has 0 aromatic heterocycles. The van der Waals surface area contributed by atoms with Gasteiger partial charge in [-0.2, -0.15) is 13.2 Å². The van der Waals surface area contributed by atoms with E-state index in [9.17, 15) is 18.0 Å². The minimum absolute atomic E-state index is 0.00724. The Balaban J connectivity index is 2.34. The number of amides is 1. The van der Waals surface area contributed by atoms with Gasteiger partial charge >= 0.3 is 6.18 Å². The summed E-state index contributed by atoms with van der Waals surface area (Å²) >= 11 is 17.6. The third-order valence-corrected chi connectivity index (χ3v) is 3.81. The number of anilines is 1. The summed E-state index contributed by atoms with van der Waals surface area (Å²) in [5.74, 6) is -0.598.